The van der Waals surface area contributed by atoms with Gasteiger partial charge in [-0.1, -0.05) is 42.5 Å². The van der Waals surface area contributed by atoms with Crippen molar-refractivity contribution < 1.29 is 42.6 Å². The first-order chi connectivity index (χ1) is 27.9. The summed E-state index contributed by atoms with van der Waals surface area (Å²) in [6.07, 6.45) is 4.69. The third-order valence-corrected chi connectivity index (χ3v) is 9.99. The fourth-order valence-electron chi connectivity index (χ4n) is 6.90. The second-order valence-electron chi connectivity index (χ2n) is 13.7. The van der Waals surface area contributed by atoms with Crippen LogP contribution in [0.25, 0.3) is 0 Å². The van der Waals surface area contributed by atoms with Crippen LogP contribution in [0.1, 0.15) is 33.4 Å². The van der Waals surface area contributed by atoms with E-state index in [0.29, 0.717) is 46.7 Å². The number of aryl methyl sites for hydroxylation is 6. The number of rotatable bonds is 18. The maximum atomic E-state index is 6.74. The Balaban J connectivity index is 1.20. The predicted octanol–water partition coefficient (Wildman–Crippen LogP) is 10.4. The Morgan fingerprint density at radius 1 is 0.368 bits per heavy atom. The minimum Gasteiger partial charge on any atom is -0.497 e. The number of ether oxygens (including phenoxy) is 9. The zero-order chi connectivity index (χ0) is 39.6. The van der Waals surface area contributed by atoms with Gasteiger partial charge in [-0.3, -0.25) is 0 Å². The lowest BCUT2D eigenvalue weighted by atomic mass is 10.0. The van der Waals surface area contributed by atoms with E-state index in [1.54, 1.807) is 35.5 Å². The highest BCUT2D eigenvalue weighted by atomic mass is 16.7. The van der Waals surface area contributed by atoms with Crippen molar-refractivity contribution in [3.05, 3.63) is 149 Å². The highest BCUT2D eigenvalue weighted by molar-refractivity contribution is 5.59. The van der Waals surface area contributed by atoms with Crippen LogP contribution < -0.4 is 42.6 Å². The highest BCUT2D eigenvalue weighted by Gasteiger charge is 2.21. The second-order valence-corrected chi connectivity index (χ2v) is 13.7. The van der Waals surface area contributed by atoms with Crippen molar-refractivity contribution in [1.29, 1.82) is 0 Å². The van der Waals surface area contributed by atoms with E-state index < -0.39 is 0 Å². The molecule has 9 nitrogen and oxygen atoms in total. The largest absolute Gasteiger partial charge is 0.497 e. The van der Waals surface area contributed by atoms with Crippen LogP contribution in [0, 0.1) is 0 Å². The highest BCUT2D eigenvalue weighted by Crippen LogP contribution is 2.46. The van der Waals surface area contributed by atoms with Crippen molar-refractivity contribution in [3.63, 3.8) is 0 Å². The molecule has 0 bridgehead atoms. The second kappa shape index (κ2) is 18.4. The van der Waals surface area contributed by atoms with Crippen molar-refractivity contribution >= 4 is 0 Å². The topological polar surface area (TPSA) is 83.1 Å². The molecule has 0 N–H and O–H groups in total. The summed E-state index contributed by atoms with van der Waals surface area (Å²) < 4.78 is 53.2. The summed E-state index contributed by atoms with van der Waals surface area (Å²) in [5, 5.41) is 0. The average Bonchev–Trinajstić information content (AvgIpc) is 3.73. The minimum absolute atomic E-state index is 0.232. The van der Waals surface area contributed by atoms with Crippen LogP contribution in [-0.2, 0) is 38.5 Å². The van der Waals surface area contributed by atoms with E-state index in [0.717, 1.165) is 77.4 Å². The molecule has 0 aromatic heterocycles. The quantitative estimate of drug-likeness (QED) is 0.0849. The van der Waals surface area contributed by atoms with Gasteiger partial charge in [0.15, 0.2) is 46.0 Å². The predicted molar refractivity (Wildman–Crippen MR) is 220 cm³/mol. The number of benzene rings is 6. The maximum Gasteiger partial charge on any atom is 0.231 e. The number of hydrogen-bond donors (Lipinski definition) is 0. The standard InChI is InChI=1S/C48H48O9/c1-49-38-10-6-8-32(24-38)12-14-35-18-21-40(51-3)44(27-35)56-46-29-37(17-16-34-20-23-42-43(26-34)55-31-54-42)30-47(48(46)53-5)57-45-28-36(19-22-41(45)52-4)15-13-33-9-7-11-39(25-33)50-2/h6-11,18-30H,12-17,31H2,1-5H3. The van der Waals surface area contributed by atoms with Gasteiger partial charge in [-0.2, -0.15) is 0 Å². The zero-order valence-corrected chi connectivity index (χ0v) is 33.1. The van der Waals surface area contributed by atoms with Crippen molar-refractivity contribution in [2.75, 3.05) is 42.3 Å². The summed E-state index contributed by atoms with van der Waals surface area (Å²) in [7, 11) is 8.26. The zero-order valence-electron chi connectivity index (χ0n) is 33.1. The molecule has 7 rings (SSSR count). The van der Waals surface area contributed by atoms with E-state index >= 15 is 0 Å². The molecule has 0 saturated heterocycles. The molecule has 294 valence electrons. The smallest absolute Gasteiger partial charge is 0.231 e. The Morgan fingerprint density at radius 2 is 0.807 bits per heavy atom. The van der Waals surface area contributed by atoms with Crippen molar-refractivity contribution in [2.24, 2.45) is 0 Å². The fourth-order valence-corrected chi connectivity index (χ4v) is 6.90. The van der Waals surface area contributed by atoms with Crippen LogP contribution in [0.5, 0.6) is 63.2 Å². The van der Waals surface area contributed by atoms with Gasteiger partial charge in [0.05, 0.1) is 35.5 Å². The van der Waals surface area contributed by atoms with Gasteiger partial charge >= 0.3 is 0 Å². The van der Waals surface area contributed by atoms with Crippen molar-refractivity contribution in [1.82, 2.24) is 0 Å². The number of hydrogen-bond acceptors (Lipinski definition) is 9. The molecule has 0 fully saturated rings. The molecular weight excluding hydrogens is 721 g/mol. The SMILES string of the molecule is COc1cccc(CCc2ccc(OC)c(Oc3cc(CCc4ccc5c(c4)OCO5)cc(Oc4cc(CCc5cccc(OC)c5)ccc4OC)c3OC)c2)c1. The maximum absolute atomic E-state index is 6.74. The Morgan fingerprint density at radius 3 is 1.30 bits per heavy atom. The average molecular weight is 769 g/mol. The van der Waals surface area contributed by atoms with Crippen LogP contribution in [0.2, 0.25) is 0 Å². The Hall–Kier alpha value is -6.48. The van der Waals surface area contributed by atoms with Crippen molar-refractivity contribution in [2.45, 2.75) is 38.5 Å². The van der Waals surface area contributed by atoms with Gasteiger partial charge < -0.3 is 42.6 Å². The summed E-state index contributed by atoms with van der Waals surface area (Å²) in [4.78, 5) is 0. The first-order valence-electron chi connectivity index (χ1n) is 19.0. The summed E-state index contributed by atoms with van der Waals surface area (Å²) in [5.74, 6) is 6.95. The van der Waals surface area contributed by atoms with Gasteiger partial charge in [0, 0.05) is 0 Å². The monoisotopic (exact) mass is 768 g/mol. The molecule has 57 heavy (non-hydrogen) atoms. The van der Waals surface area contributed by atoms with Gasteiger partial charge in [-0.25, -0.2) is 0 Å². The molecule has 1 aliphatic heterocycles. The minimum atomic E-state index is 0.232. The molecule has 1 heterocycles. The number of methoxy groups -OCH3 is 5. The van der Waals surface area contributed by atoms with Gasteiger partial charge in [0.2, 0.25) is 12.5 Å². The Kier molecular flexibility index (Phi) is 12.5. The molecule has 6 aromatic rings. The molecule has 0 radical (unpaired) electrons. The molecule has 0 saturated carbocycles. The van der Waals surface area contributed by atoms with E-state index in [1.165, 1.54) is 11.1 Å². The summed E-state index contributed by atoms with van der Waals surface area (Å²) in [6, 6.07) is 38.4. The van der Waals surface area contributed by atoms with Crippen molar-refractivity contribution in [3.8, 4) is 63.2 Å². The summed E-state index contributed by atoms with van der Waals surface area (Å²) in [5.41, 5.74) is 6.67. The first kappa shape index (κ1) is 38.8. The molecule has 0 spiro atoms. The van der Waals surface area contributed by atoms with E-state index in [9.17, 15) is 0 Å². The molecule has 0 aliphatic carbocycles. The molecule has 0 atom stereocenters. The van der Waals surface area contributed by atoms with Crippen LogP contribution in [-0.4, -0.2) is 42.3 Å². The van der Waals surface area contributed by atoms with Crippen LogP contribution in [0.3, 0.4) is 0 Å². The molecule has 1 aliphatic rings. The molecule has 0 amide bonds. The molecule has 0 unspecified atom stereocenters. The van der Waals surface area contributed by atoms with Crippen LogP contribution in [0.4, 0.5) is 0 Å². The Labute approximate surface area is 334 Å². The van der Waals surface area contributed by atoms with E-state index in [1.807, 2.05) is 72.8 Å². The first-order valence-corrected chi connectivity index (χ1v) is 19.0. The van der Waals surface area contributed by atoms with Gasteiger partial charge in [-0.05, 0) is 145 Å². The van der Waals surface area contributed by atoms with Gasteiger partial charge in [0.25, 0.3) is 0 Å². The number of fused-ring (bicyclic) bond motifs is 1. The van der Waals surface area contributed by atoms with Crippen LogP contribution in [0.15, 0.2) is 115 Å². The lowest BCUT2D eigenvalue weighted by molar-refractivity contribution is 0.174. The lowest BCUT2D eigenvalue weighted by Gasteiger charge is -2.19. The molecule has 9 heteroatoms. The third kappa shape index (κ3) is 9.67. The Bertz CT molecular complexity index is 2170. The van der Waals surface area contributed by atoms with Gasteiger partial charge in [0.1, 0.15) is 11.5 Å². The third-order valence-electron chi connectivity index (χ3n) is 9.99. The van der Waals surface area contributed by atoms with E-state index in [-0.39, 0.29) is 6.79 Å². The van der Waals surface area contributed by atoms with E-state index in [4.69, 9.17) is 42.6 Å². The normalized spacial score (nSPS) is 11.5. The van der Waals surface area contributed by atoms with Crippen LogP contribution >= 0.6 is 0 Å². The summed E-state index contributed by atoms with van der Waals surface area (Å²) >= 11 is 0. The molecule has 6 aromatic carbocycles. The molecular formula is C48H48O9. The fraction of sp³-hybridized carbons (Fsp3) is 0.250. The lowest BCUT2D eigenvalue weighted by Crippen LogP contribution is -2.01. The summed E-state index contributed by atoms with van der Waals surface area (Å²) in [6.45, 7) is 0.232. The van der Waals surface area contributed by atoms with Gasteiger partial charge in [-0.15, -0.1) is 0 Å². The van der Waals surface area contributed by atoms with E-state index in [2.05, 4.69) is 42.5 Å².